The van der Waals surface area contributed by atoms with Crippen LogP contribution in [0.2, 0.25) is 5.15 Å². The molecule has 154 valence electrons. The van der Waals surface area contributed by atoms with Crippen LogP contribution in [0.5, 0.6) is 5.88 Å². The van der Waals surface area contributed by atoms with Crippen LogP contribution in [0.3, 0.4) is 0 Å². The van der Waals surface area contributed by atoms with E-state index in [4.69, 9.17) is 21.1 Å². The number of hydrogen-bond acceptors (Lipinski definition) is 6. The molecule has 0 amide bonds. The van der Waals surface area contributed by atoms with Crippen molar-refractivity contribution < 1.29 is 9.47 Å². The lowest BCUT2D eigenvalue weighted by Gasteiger charge is -2.26. The van der Waals surface area contributed by atoms with E-state index in [9.17, 15) is 0 Å². The van der Waals surface area contributed by atoms with Gasteiger partial charge in [0.2, 0.25) is 5.88 Å². The molecule has 8 heteroatoms. The summed E-state index contributed by atoms with van der Waals surface area (Å²) in [5.41, 5.74) is 1.97. The van der Waals surface area contributed by atoms with Gasteiger partial charge < -0.3 is 14.8 Å². The van der Waals surface area contributed by atoms with Crippen molar-refractivity contribution in [3.8, 4) is 5.88 Å². The Morgan fingerprint density at radius 3 is 2.43 bits per heavy atom. The molecule has 0 bridgehead atoms. The molecule has 0 spiro atoms. The van der Waals surface area contributed by atoms with Gasteiger partial charge in [-0.1, -0.05) is 17.7 Å². The normalized spacial score (nSPS) is 17.8. The van der Waals surface area contributed by atoms with Crippen molar-refractivity contribution in [2.24, 2.45) is 0 Å². The third kappa shape index (κ3) is 7.17. The standard InChI is InChI=1S/C14H21N3O2.C6H6ClN.ClH/c1-5-15-6-2-12(1)19-14-13(16-7-8-17-14)11-3-9-18-10-4-11;1-5-3-2-4-6(7)8-5;/h7-8,11-12,15H,1-6,9-10H2;2-4H,1H3;1H. The lowest BCUT2D eigenvalue weighted by Crippen LogP contribution is -2.34. The molecule has 0 radical (unpaired) electrons. The Balaban J connectivity index is 0.000000264. The first-order chi connectivity index (χ1) is 13.2. The second-order valence-corrected chi connectivity index (χ2v) is 7.19. The van der Waals surface area contributed by atoms with Crippen LogP contribution in [0.4, 0.5) is 0 Å². The van der Waals surface area contributed by atoms with E-state index in [1.165, 1.54) is 0 Å². The number of ether oxygens (including phenoxy) is 2. The molecule has 0 aromatic carbocycles. The number of pyridine rings is 1. The van der Waals surface area contributed by atoms with E-state index >= 15 is 0 Å². The first kappa shape index (κ1) is 22.8. The van der Waals surface area contributed by atoms with Crippen LogP contribution in [0, 0.1) is 6.92 Å². The molecule has 2 saturated heterocycles. The van der Waals surface area contributed by atoms with Gasteiger partial charge in [-0.3, -0.25) is 4.98 Å². The number of nitrogens with one attached hydrogen (secondary N) is 1. The fraction of sp³-hybridized carbons (Fsp3) is 0.550. The Kier molecular flexibility index (Phi) is 9.92. The molecular weight excluding hydrogens is 399 g/mol. The number of aromatic nitrogens is 3. The lowest BCUT2D eigenvalue weighted by molar-refractivity contribution is 0.0821. The van der Waals surface area contributed by atoms with Gasteiger partial charge in [0.05, 0.1) is 0 Å². The van der Waals surface area contributed by atoms with Crippen molar-refractivity contribution >= 4 is 24.0 Å². The third-order valence-corrected chi connectivity index (χ3v) is 4.93. The minimum absolute atomic E-state index is 0. The van der Waals surface area contributed by atoms with Crippen LogP contribution in [0.1, 0.15) is 43.0 Å². The van der Waals surface area contributed by atoms with Crippen molar-refractivity contribution in [2.75, 3.05) is 26.3 Å². The van der Waals surface area contributed by atoms with Crippen molar-refractivity contribution in [1.82, 2.24) is 20.3 Å². The van der Waals surface area contributed by atoms with Crippen molar-refractivity contribution in [3.05, 3.63) is 47.1 Å². The lowest BCUT2D eigenvalue weighted by atomic mass is 9.96. The SMILES string of the molecule is Cc1cccc(Cl)n1.Cl.c1cnc(C2CCOCC2)c(OC2CCNCC2)n1. The highest BCUT2D eigenvalue weighted by Gasteiger charge is 2.24. The predicted molar refractivity (Wildman–Crippen MR) is 113 cm³/mol. The first-order valence-electron chi connectivity index (χ1n) is 9.57. The summed E-state index contributed by atoms with van der Waals surface area (Å²) < 4.78 is 11.5. The van der Waals surface area contributed by atoms with Gasteiger partial charge in [0.1, 0.15) is 17.0 Å². The zero-order chi connectivity index (χ0) is 18.9. The Morgan fingerprint density at radius 1 is 1.07 bits per heavy atom. The van der Waals surface area contributed by atoms with Crippen LogP contribution >= 0.6 is 24.0 Å². The number of piperidine rings is 1. The van der Waals surface area contributed by atoms with Gasteiger partial charge in [-0.25, -0.2) is 9.97 Å². The molecule has 0 aliphatic carbocycles. The van der Waals surface area contributed by atoms with E-state index < -0.39 is 0 Å². The molecular formula is C20H28Cl2N4O2. The fourth-order valence-corrected chi connectivity index (χ4v) is 3.46. The Morgan fingerprint density at radius 2 is 1.79 bits per heavy atom. The van der Waals surface area contributed by atoms with Crippen LogP contribution in [0.15, 0.2) is 30.6 Å². The van der Waals surface area contributed by atoms with E-state index in [2.05, 4.69) is 20.3 Å². The van der Waals surface area contributed by atoms with Crippen molar-refractivity contribution in [1.29, 1.82) is 0 Å². The van der Waals surface area contributed by atoms with E-state index in [0.717, 1.165) is 69.3 Å². The van der Waals surface area contributed by atoms with Gasteiger partial charge in [0.25, 0.3) is 0 Å². The zero-order valence-corrected chi connectivity index (χ0v) is 17.7. The summed E-state index contributed by atoms with van der Waals surface area (Å²) in [5, 5.41) is 3.91. The van der Waals surface area contributed by atoms with Gasteiger partial charge in [-0.15, -0.1) is 12.4 Å². The molecule has 2 aliphatic rings. The van der Waals surface area contributed by atoms with E-state index in [1.807, 2.05) is 19.1 Å². The third-order valence-electron chi connectivity index (χ3n) is 4.72. The van der Waals surface area contributed by atoms with E-state index in [-0.39, 0.29) is 18.5 Å². The highest BCUT2D eigenvalue weighted by Crippen LogP contribution is 2.31. The summed E-state index contributed by atoms with van der Waals surface area (Å²) in [4.78, 5) is 12.9. The van der Waals surface area contributed by atoms with E-state index in [0.29, 0.717) is 11.1 Å². The number of halogens is 2. The van der Waals surface area contributed by atoms with E-state index in [1.54, 1.807) is 18.5 Å². The van der Waals surface area contributed by atoms with Gasteiger partial charge in [0, 0.05) is 37.2 Å². The largest absolute Gasteiger partial charge is 0.473 e. The summed E-state index contributed by atoms with van der Waals surface area (Å²) in [7, 11) is 0. The topological polar surface area (TPSA) is 69.2 Å². The summed E-state index contributed by atoms with van der Waals surface area (Å²) >= 11 is 5.53. The summed E-state index contributed by atoms with van der Waals surface area (Å²) in [6.07, 6.45) is 7.88. The number of aryl methyl sites for hydroxylation is 1. The highest BCUT2D eigenvalue weighted by molar-refractivity contribution is 6.29. The van der Waals surface area contributed by atoms with Gasteiger partial charge >= 0.3 is 0 Å². The molecule has 0 unspecified atom stereocenters. The average Bonchev–Trinajstić information content (AvgIpc) is 2.70. The van der Waals surface area contributed by atoms with Gasteiger partial charge in [-0.2, -0.15) is 0 Å². The fourth-order valence-electron chi connectivity index (χ4n) is 3.26. The monoisotopic (exact) mass is 426 g/mol. The quantitative estimate of drug-likeness (QED) is 0.748. The number of nitrogens with zero attached hydrogens (tertiary/aromatic N) is 3. The molecule has 4 heterocycles. The molecule has 6 nitrogen and oxygen atoms in total. The molecule has 0 saturated carbocycles. The van der Waals surface area contributed by atoms with Crippen LogP contribution in [0.25, 0.3) is 0 Å². The summed E-state index contributed by atoms with van der Waals surface area (Å²) in [6.45, 7) is 5.59. The smallest absolute Gasteiger partial charge is 0.236 e. The minimum Gasteiger partial charge on any atom is -0.473 e. The van der Waals surface area contributed by atoms with Crippen LogP contribution < -0.4 is 10.1 Å². The van der Waals surface area contributed by atoms with Gasteiger partial charge in [0.15, 0.2) is 0 Å². The maximum Gasteiger partial charge on any atom is 0.236 e. The molecule has 1 N–H and O–H groups in total. The minimum atomic E-state index is 0. The Hall–Kier alpha value is -1.47. The molecule has 4 rings (SSSR count). The second kappa shape index (κ2) is 12.2. The van der Waals surface area contributed by atoms with Crippen LogP contribution in [-0.4, -0.2) is 47.4 Å². The molecule has 2 aliphatic heterocycles. The molecule has 2 fully saturated rings. The molecule has 2 aromatic rings. The number of rotatable bonds is 3. The maximum absolute atomic E-state index is 6.09. The van der Waals surface area contributed by atoms with Crippen molar-refractivity contribution in [2.45, 2.75) is 44.6 Å². The summed E-state index contributed by atoms with van der Waals surface area (Å²) in [6, 6.07) is 5.55. The highest BCUT2D eigenvalue weighted by atomic mass is 35.5. The predicted octanol–water partition coefficient (Wildman–Crippen LogP) is 3.97. The average molecular weight is 427 g/mol. The Bertz CT molecular complexity index is 691. The molecule has 2 aromatic heterocycles. The van der Waals surface area contributed by atoms with Crippen molar-refractivity contribution in [3.63, 3.8) is 0 Å². The zero-order valence-electron chi connectivity index (χ0n) is 16.1. The molecule has 28 heavy (non-hydrogen) atoms. The Labute approximate surface area is 177 Å². The van der Waals surface area contributed by atoms with Gasteiger partial charge in [-0.05, 0) is 57.8 Å². The molecule has 0 atom stereocenters. The summed E-state index contributed by atoms with van der Waals surface area (Å²) in [5.74, 6) is 1.17. The second-order valence-electron chi connectivity index (χ2n) is 6.80. The first-order valence-corrected chi connectivity index (χ1v) is 9.95. The number of hydrogen-bond donors (Lipinski definition) is 1. The maximum atomic E-state index is 6.09. The van der Waals surface area contributed by atoms with Crippen LogP contribution in [-0.2, 0) is 4.74 Å².